The van der Waals surface area contributed by atoms with E-state index in [9.17, 15) is 9.59 Å². The van der Waals surface area contributed by atoms with Crippen LogP contribution < -0.4 is 9.47 Å². The van der Waals surface area contributed by atoms with Crippen LogP contribution >= 0.6 is 0 Å². The molecule has 272 valence electrons. The first-order valence-corrected chi connectivity index (χ1v) is 17.8. The van der Waals surface area contributed by atoms with E-state index >= 15 is 8.78 Å². The van der Waals surface area contributed by atoms with Gasteiger partial charge in [0, 0.05) is 27.5 Å². The first-order valence-electron chi connectivity index (χ1n) is 17.8. The van der Waals surface area contributed by atoms with Crippen LogP contribution in [-0.2, 0) is 4.74 Å². The molecular weight excluding hydrogens is 695 g/mol. The van der Waals surface area contributed by atoms with E-state index in [1.807, 2.05) is 50.2 Å². The second-order valence-corrected chi connectivity index (χ2v) is 14.0. The fourth-order valence-electron chi connectivity index (χ4n) is 7.42. The minimum Gasteiger partial charge on any atom is -0.496 e. The van der Waals surface area contributed by atoms with Crippen LogP contribution in [0, 0.1) is 39.3 Å². The predicted octanol–water partition coefficient (Wildman–Crippen LogP) is 12.2. The molecule has 5 nitrogen and oxygen atoms in total. The molecule has 0 unspecified atom stereocenters. The monoisotopic (exact) mass is 730 g/mol. The number of rotatable bonds is 6. The van der Waals surface area contributed by atoms with Crippen molar-refractivity contribution in [1.82, 2.24) is 0 Å². The van der Waals surface area contributed by atoms with Gasteiger partial charge in [-0.15, -0.1) is 0 Å². The van der Waals surface area contributed by atoms with Gasteiger partial charge >= 0.3 is 11.9 Å². The van der Waals surface area contributed by atoms with Crippen LogP contribution in [0.1, 0.15) is 43.0 Å². The van der Waals surface area contributed by atoms with Crippen molar-refractivity contribution in [2.24, 2.45) is 0 Å². The van der Waals surface area contributed by atoms with E-state index in [1.54, 1.807) is 38.5 Å². The third-order valence-electron chi connectivity index (χ3n) is 10.9. The van der Waals surface area contributed by atoms with E-state index in [2.05, 4.69) is 32.0 Å². The second-order valence-electron chi connectivity index (χ2n) is 14.0. The molecule has 8 aromatic carbocycles. The van der Waals surface area contributed by atoms with Crippen molar-refractivity contribution in [3.8, 4) is 33.8 Å². The smallest absolute Gasteiger partial charge is 0.346 e. The van der Waals surface area contributed by atoms with Gasteiger partial charge in [0.25, 0.3) is 0 Å². The van der Waals surface area contributed by atoms with E-state index in [0.717, 1.165) is 55.4 Å². The van der Waals surface area contributed by atoms with Gasteiger partial charge in [-0.25, -0.2) is 18.4 Å². The maximum atomic E-state index is 16.2. The third kappa shape index (κ3) is 6.11. The Hall–Kier alpha value is -6.60. The summed E-state index contributed by atoms with van der Waals surface area (Å²) in [5.74, 6) is -1.88. The number of esters is 2. The molecule has 0 aliphatic heterocycles. The average Bonchev–Trinajstić information content (AvgIpc) is 3.19. The molecule has 0 heterocycles. The van der Waals surface area contributed by atoms with Crippen LogP contribution in [0.15, 0.2) is 109 Å². The first-order chi connectivity index (χ1) is 26.4. The molecule has 0 fully saturated rings. The molecule has 8 rings (SSSR count). The van der Waals surface area contributed by atoms with Crippen molar-refractivity contribution in [3.05, 3.63) is 154 Å². The summed E-state index contributed by atoms with van der Waals surface area (Å²) < 4.78 is 48.4. The zero-order valence-corrected chi connectivity index (χ0v) is 31.2. The zero-order valence-electron chi connectivity index (χ0n) is 31.2. The van der Waals surface area contributed by atoms with Crippen molar-refractivity contribution in [2.45, 2.75) is 27.7 Å². The number of hydrogen-bond acceptors (Lipinski definition) is 5. The minimum absolute atomic E-state index is 0.0445. The summed E-state index contributed by atoms with van der Waals surface area (Å²) in [6, 6.07) is 31.6. The van der Waals surface area contributed by atoms with Gasteiger partial charge in [-0.05, 0) is 142 Å². The summed E-state index contributed by atoms with van der Waals surface area (Å²) >= 11 is 0. The molecule has 0 amide bonds. The van der Waals surface area contributed by atoms with Crippen LogP contribution in [-0.4, -0.2) is 26.2 Å². The average molecular weight is 731 g/mol. The summed E-state index contributed by atoms with van der Waals surface area (Å²) in [6.07, 6.45) is 0. The molecule has 0 bridgehead atoms. The number of fused-ring (bicyclic) bond motifs is 4. The molecule has 8 aromatic rings. The number of carbonyl (C=O) groups is 2. The SMILES string of the molecule is COc1cc2ccc(C)c(C)c2cc1-c1ccc2cc(C(=O)OC(=O)c3ccc4c(F)c(-c5cc6c(C)c(C)ccc6cc5OC)ccc4c3)cc(F)c2c1. The van der Waals surface area contributed by atoms with E-state index in [4.69, 9.17) is 14.2 Å². The van der Waals surface area contributed by atoms with Crippen LogP contribution in [0.2, 0.25) is 0 Å². The largest absolute Gasteiger partial charge is 0.496 e. The molecule has 7 heteroatoms. The van der Waals surface area contributed by atoms with Crippen LogP contribution in [0.3, 0.4) is 0 Å². The van der Waals surface area contributed by atoms with Gasteiger partial charge in [0.15, 0.2) is 0 Å². The van der Waals surface area contributed by atoms with Gasteiger partial charge < -0.3 is 14.2 Å². The summed E-state index contributed by atoms with van der Waals surface area (Å²) in [7, 11) is 3.16. The summed E-state index contributed by atoms with van der Waals surface area (Å²) in [6.45, 7) is 8.20. The van der Waals surface area contributed by atoms with Crippen molar-refractivity contribution in [1.29, 1.82) is 0 Å². The Bertz CT molecular complexity index is 2930. The second kappa shape index (κ2) is 13.7. The minimum atomic E-state index is -1.01. The predicted molar refractivity (Wildman–Crippen MR) is 215 cm³/mol. The molecule has 0 aromatic heterocycles. The Morgan fingerprint density at radius 2 is 1.00 bits per heavy atom. The standard InChI is InChI=1S/C48H36F2O5/c1-25-7-9-32-21-44(53-5)41(23-38(32)27(25)3)31-12-11-30-18-35(20-43(49)40(30)19-31)48(52)55-47(51)34-14-15-36-29(17-34)13-16-37(46(36)50)42-24-39-28(4)26(2)8-10-33(39)22-45(42)54-6/h7-24H,1-6H3. The van der Waals surface area contributed by atoms with Crippen molar-refractivity contribution in [2.75, 3.05) is 14.2 Å². The van der Waals surface area contributed by atoms with Crippen molar-refractivity contribution >= 4 is 55.0 Å². The molecule has 0 spiro atoms. The summed E-state index contributed by atoms with van der Waals surface area (Å²) in [5, 5.41) is 5.59. The van der Waals surface area contributed by atoms with Gasteiger partial charge in [-0.1, -0.05) is 54.6 Å². The highest BCUT2D eigenvalue weighted by molar-refractivity contribution is 6.06. The number of ether oxygens (including phenoxy) is 3. The van der Waals surface area contributed by atoms with E-state index in [0.29, 0.717) is 38.8 Å². The Kier molecular flexibility index (Phi) is 8.81. The molecule has 0 atom stereocenters. The Morgan fingerprint density at radius 1 is 0.473 bits per heavy atom. The third-order valence-corrected chi connectivity index (χ3v) is 10.9. The normalized spacial score (nSPS) is 11.4. The maximum Gasteiger partial charge on any atom is 0.346 e. The highest BCUT2D eigenvalue weighted by Crippen LogP contribution is 2.40. The topological polar surface area (TPSA) is 61.8 Å². The van der Waals surface area contributed by atoms with Gasteiger partial charge in [-0.2, -0.15) is 0 Å². The van der Waals surface area contributed by atoms with Gasteiger partial charge in [-0.3, -0.25) is 0 Å². The number of carbonyl (C=O) groups excluding carboxylic acids is 2. The van der Waals surface area contributed by atoms with E-state index < -0.39 is 23.6 Å². The van der Waals surface area contributed by atoms with E-state index in [-0.39, 0.29) is 16.5 Å². The van der Waals surface area contributed by atoms with E-state index in [1.165, 1.54) is 29.8 Å². The first kappa shape index (κ1) is 35.4. The molecular formula is C48H36F2O5. The van der Waals surface area contributed by atoms with Gasteiger partial charge in [0.05, 0.1) is 25.3 Å². The fraction of sp³-hybridized carbons (Fsp3) is 0.125. The number of benzene rings is 8. The Morgan fingerprint density at radius 3 is 1.65 bits per heavy atom. The molecule has 0 aliphatic carbocycles. The molecule has 0 saturated heterocycles. The van der Waals surface area contributed by atoms with Crippen molar-refractivity contribution < 1.29 is 32.6 Å². The lowest BCUT2D eigenvalue weighted by Gasteiger charge is -2.15. The maximum absolute atomic E-state index is 16.2. The van der Waals surface area contributed by atoms with Gasteiger partial charge in [0.1, 0.15) is 23.1 Å². The number of methoxy groups -OCH3 is 2. The number of hydrogen-bond donors (Lipinski definition) is 0. The Labute approximate surface area is 316 Å². The number of aryl methyl sites for hydroxylation is 4. The lowest BCUT2D eigenvalue weighted by molar-refractivity contribution is 0.0397. The molecule has 0 saturated carbocycles. The summed E-state index contributed by atoms with van der Waals surface area (Å²) in [5.41, 5.74) is 6.99. The van der Waals surface area contributed by atoms with Crippen molar-refractivity contribution in [3.63, 3.8) is 0 Å². The quantitative estimate of drug-likeness (QED) is 0.126. The number of halogens is 2. The highest BCUT2D eigenvalue weighted by atomic mass is 19.1. The Balaban J connectivity index is 1.06. The summed E-state index contributed by atoms with van der Waals surface area (Å²) in [4.78, 5) is 26.4. The molecule has 0 N–H and O–H groups in total. The fourth-order valence-corrected chi connectivity index (χ4v) is 7.42. The highest BCUT2D eigenvalue weighted by Gasteiger charge is 2.21. The molecule has 55 heavy (non-hydrogen) atoms. The van der Waals surface area contributed by atoms with Crippen LogP contribution in [0.5, 0.6) is 11.5 Å². The van der Waals surface area contributed by atoms with Gasteiger partial charge in [0.2, 0.25) is 0 Å². The molecule has 0 aliphatic rings. The van der Waals surface area contributed by atoms with Crippen LogP contribution in [0.25, 0.3) is 65.3 Å². The lowest BCUT2D eigenvalue weighted by Crippen LogP contribution is -2.13. The van der Waals surface area contributed by atoms with Crippen LogP contribution in [0.4, 0.5) is 8.78 Å². The zero-order chi connectivity index (χ0) is 38.7. The lowest BCUT2D eigenvalue weighted by atomic mass is 9.93. The molecule has 0 radical (unpaired) electrons.